The molecule has 0 spiro atoms. The van der Waals surface area contributed by atoms with E-state index >= 15 is 0 Å². The molecule has 1 rings (SSSR count). The van der Waals surface area contributed by atoms with Crippen molar-refractivity contribution >= 4 is 16.0 Å². The van der Waals surface area contributed by atoms with E-state index in [9.17, 15) is 13.2 Å². The van der Waals surface area contributed by atoms with E-state index in [-0.39, 0.29) is 24.9 Å². The number of esters is 1. The van der Waals surface area contributed by atoms with Crippen molar-refractivity contribution in [3.63, 3.8) is 0 Å². The Morgan fingerprint density at radius 1 is 1.33 bits per heavy atom. The van der Waals surface area contributed by atoms with Crippen LogP contribution in [0.25, 0.3) is 0 Å². The predicted octanol–water partition coefficient (Wildman–Crippen LogP) is 1.23. The van der Waals surface area contributed by atoms with Crippen LogP contribution in [0.4, 0.5) is 0 Å². The highest BCUT2D eigenvalue weighted by Gasteiger charge is 2.27. The smallest absolute Gasteiger partial charge is 0.321 e. The molecule has 0 atom stereocenters. The summed E-state index contributed by atoms with van der Waals surface area (Å²) in [6, 6.07) is 3.26. The van der Waals surface area contributed by atoms with Gasteiger partial charge in [-0.15, -0.1) is 0 Å². The minimum atomic E-state index is -3.52. The maximum Gasteiger partial charge on any atom is 0.321 e. The van der Waals surface area contributed by atoms with Gasteiger partial charge in [-0.05, 0) is 44.9 Å². The summed E-state index contributed by atoms with van der Waals surface area (Å²) in [7, 11) is -3.52. The maximum absolute atomic E-state index is 12.4. The lowest BCUT2D eigenvalue weighted by Crippen LogP contribution is -2.42. The lowest BCUT2D eigenvalue weighted by Gasteiger charge is -2.24. The van der Waals surface area contributed by atoms with Crippen molar-refractivity contribution in [2.75, 3.05) is 18.9 Å². The summed E-state index contributed by atoms with van der Waals surface area (Å²) < 4.78 is 30.8. The number of carbonyl (C=O) groups excluding carboxylic acids is 1. The van der Waals surface area contributed by atoms with Gasteiger partial charge < -0.3 is 4.74 Å². The Bertz CT molecular complexity index is 543. The fourth-order valence-corrected chi connectivity index (χ4v) is 3.52. The van der Waals surface area contributed by atoms with Crippen molar-refractivity contribution in [1.82, 2.24) is 9.29 Å². The molecule has 0 aliphatic rings. The molecule has 0 aromatic carbocycles. The van der Waals surface area contributed by atoms with Gasteiger partial charge in [0, 0.05) is 18.4 Å². The second kappa shape index (κ2) is 8.09. The van der Waals surface area contributed by atoms with Crippen molar-refractivity contribution in [3.05, 3.63) is 30.1 Å². The zero-order chi connectivity index (χ0) is 15.9. The molecular formula is C14H22N2O4S. The lowest BCUT2D eigenvalue weighted by atomic mass is 10.2. The third kappa shape index (κ3) is 5.81. The van der Waals surface area contributed by atoms with Gasteiger partial charge >= 0.3 is 5.97 Å². The van der Waals surface area contributed by atoms with E-state index in [1.807, 2.05) is 0 Å². The summed E-state index contributed by atoms with van der Waals surface area (Å²) in [5.74, 6) is -0.576. The number of ether oxygens (including phenoxy) is 1. The SMILES string of the molecule is CCOC(=O)CN(C(C)C)S(=O)(=O)CCc1ccncc1. The van der Waals surface area contributed by atoms with Crippen LogP contribution in [0.3, 0.4) is 0 Å². The van der Waals surface area contributed by atoms with Crippen LogP contribution in [0.5, 0.6) is 0 Å². The van der Waals surface area contributed by atoms with Crippen molar-refractivity contribution in [2.45, 2.75) is 33.2 Å². The normalized spacial score (nSPS) is 11.9. The average molecular weight is 314 g/mol. The first kappa shape index (κ1) is 17.6. The summed E-state index contributed by atoms with van der Waals surface area (Å²) in [5.41, 5.74) is 0.897. The molecule has 21 heavy (non-hydrogen) atoms. The number of aryl methyl sites for hydroxylation is 1. The van der Waals surface area contributed by atoms with Gasteiger partial charge in [0.1, 0.15) is 6.54 Å². The molecule has 1 aromatic rings. The largest absolute Gasteiger partial charge is 0.465 e. The predicted molar refractivity (Wildman–Crippen MR) is 80.2 cm³/mol. The summed E-state index contributed by atoms with van der Waals surface area (Å²) in [4.78, 5) is 15.4. The lowest BCUT2D eigenvalue weighted by molar-refractivity contribution is -0.143. The fourth-order valence-electron chi connectivity index (χ4n) is 1.85. The number of nitrogens with zero attached hydrogens (tertiary/aromatic N) is 2. The van der Waals surface area contributed by atoms with Crippen LogP contribution in [0.15, 0.2) is 24.5 Å². The fraction of sp³-hybridized carbons (Fsp3) is 0.571. The number of sulfonamides is 1. The van der Waals surface area contributed by atoms with E-state index in [4.69, 9.17) is 4.74 Å². The summed E-state index contributed by atoms with van der Waals surface area (Å²) in [6.07, 6.45) is 3.64. The monoisotopic (exact) mass is 314 g/mol. The summed E-state index contributed by atoms with van der Waals surface area (Å²) in [6.45, 7) is 5.16. The molecule has 7 heteroatoms. The minimum Gasteiger partial charge on any atom is -0.465 e. The molecule has 0 radical (unpaired) electrons. The molecule has 1 aromatic heterocycles. The van der Waals surface area contributed by atoms with Crippen molar-refractivity contribution in [2.24, 2.45) is 0 Å². The molecule has 0 saturated heterocycles. The Morgan fingerprint density at radius 2 is 1.95 bits per heavy atom. The quantitative estimate of drug-likeness (QED) is 0.675. The molecule has 0 aliphatic heterocycles. The van der Waals surface area contributed by atoms with Gasteiger partial charge in [-0.3, -0.25) is 9.78 Å². The molecule has 0 unspecified atom stereocenters. The van der Waals surface area contributed by atoms with E-state index in [0.717, 1.165) is 5.56 Å². The second-order valence-corrected chi connectivity index (χ2v) is 6.91. The average Bonchev–Trinajstić information content (AvgIpc) is 2.44. The number of pyridine rings is 1. The van der Waals surface area contributed by atoms with Crippen LogP contribution in [0, 0.1) is 0 Å². The Balaban J connectivity index is 2.73. The van der Waals surface area contributed by atoms with E-state index in [2.05, 4.69) is 4.98 Å². The Morgan fingerprint density at radius 3 is 2.48 bits per heavy atom. The number of hydrogen-bond donors (Lipinski definition) is 0. The van der Waals surface area contributed by atoms with Crippen LogP contribution < -0.4 is 0 Å². The first-order chi connectivity index (χ1) is 9.86. The third-order valence-corrected chi connectivity index (χ3v) is 4.91. The molecule has 1 heterocycles. The first-order valence-electron chi connectivity index (χ1n) is 6.91. The van der Waals surface area contributed by atoms with Gasteiger partial charge in [0.15, 0.2) is 0 Å². The second-order valence-electron chi connectivity index (χ2n) is 4.87. The highest BCUT2D eigenvalue weighted by Crippen LogP contribution is 2.10. The Kier molecular flexibility index (Phi) is 6.77. The molecule has 118 valence electrons. The van der Waals surface area contributed by atoms with Crippen LogP contribution >= 0.6 is 0 Å². The zero-order valence-electron chi connectivity index (χ0n) is 12.7. The number of carbonyl (C=O) groups is 1. The van der Waals surface area contributed by atoms with Gasteiger partial charge in [0.25, 0.3) is 0 Å². The molecule has 0 fully saturated rings. The number of hydrogen-bond acceptors (Lipinski definition) is 5. The third-order valence-electron chi connectivity index (χ3n) is 2.92. The molecule has 0 amide bonds. The summed E-state index contributed by atoms with van der Waals surface area (Å²) in [5, 5.41) is 0. The van der Waals surface area contributed by atoms with Crippen LogP contribution in [0.1, 0.15) is 26.3 Å². The van der Waals surface area contributed by atoms with E-state index in [1.54, 1.807) is 45.3 Å². The number of rotatable bonds is 8. The highest BCUT2D eigenvalue weighted by atomic mass is 32.2. The van der Waals surface area contributed by atoms with Gasteiger partial charge in [0.2, 0.25) is 10.0 Å². The van der Waals surface area contributed by atoms with E-state index in [0.29, 0.717) is 6.42 Å². The van der Waals surface area contributed by atoms with E-state index in [1.165, 1.54) is 4.31 Å². The van der Waals surface area contributed by atoms with Crippen LogP contribution in [-0.4, -0.2) is 48.6 Å². The van der Waals surface area contributed by atoms with Gasteiger partial charge in [0.05, 0.1) is 12.4 Å². The van der Waals surface area contributed by atoms with Gasteiger partial charge in [-0.2, -0.15) is 4.31 Å². The van der Waals surface area contributed by atoms with Crippen molar-refractivity contribution in [3.8, 4) is 0 Å². The Labute approximate surface area is 126 Å². The molecule has 0 N–H and O–H groups in total. The first-order valence-corrected chi connectivity index (χ1v) is 8.51. The topological polar surface area (TPSA) is 76.6 Å². The molecule has 0 saturated carbocycles. The minimum absolute atomic E-state index is 0.0470. The van der Waals surface area contributed by atoms with Crippen LogP contribution in [-0.2, 0) is 26.0 Å². The standard InChI is InChI=1S/C14H22N2O4S/c1-4-20-14(17)11-16(12(2)3)21(18,19)10-7-13-5-8-15-9-6-13/h5-6,8-9,12H,4,7,10-11H2,1-3H3. The zero-order valence-corrected chi connectivity index (χ0v) is 13.5. The summed E-state index contributed by atoms with van der Waals surface area (Å²) >= 11 is 0. The van der Waals surface area contributed by atoms with Crippen molar-refractivity contribution in [1.29, 1.82) is 0 Å². The molecule has 0 bridgehead atoms. The molecular weight excluding hydrogens is 292 g/mol. The number of aromatic nitrogens is 1. The van der Waals surface area contributed by atoms with Crippen molar-refractivity contribution < 1.29 is 17.9 Å². The maximum atomic E-state index is 12.4. The highest BCUT2D eigenvalue weighted by molar-refractivity contribution is 7.89. The Hall–Kier alpha value is -1.47. The van der Waals surface area contributed by atoms with Gasteiger partial charge in [-0.25, -0.2) is 8.42 Å². The molecule has 6 nitrogen and oxygen atoms in total. The van der Waals surface area contributed by atoms with Crippen LogP contribution in [0.2, 0.25) is 0 Å². The molecule has 0 aliphatic carbocycles. The van der Waals surface area contributed by atoms with E-state index < -0.39 is 16.0 Å². The van der Waals surface area contributed by atoms with Gasteiger partial charge in [-0.1, -0.05) is 0 Å².